The van der Waals surface area contributed by atoms with E-state index in [0.29, 0.717) is 0 Å². The zero-order chi connectivity index (χ0) is 10.6. The first kappa shape index (κ1) is 10.3. The van der Waals surface area contributed by atoms with Crippen molar-refractivity contribution in [2.75, 3.05) is 19.7 Å². The van der Waals surface area contributed by atoms with Gasteiger partial charge >= 0.3 is 5.97 Å². The monoisotopic (exact) mass is 199 g/mol. The normalized spacial score (nSPS) is 9.57. The molecule has 0 unspecified atom stereocenters. The van der Waals surface area contributed by atoms with Crippen LogP contribution in [0.1, 0.15) is 10.4 Å². The van der Waals surface area contributed by atoms with E-state index in [0.717, 1.165) is 0 Å². The number of hydrogen-bond donors (Lipinski definition) is 1. The first-order valence-electron chi connectivity index (χ1n) is 3.85. The molecule has 0 aromatic heterocycles. The van der Waals surface area contributed by atoms with Gasteiger partial charge in [-0.05, 0) is 12.1 Å². The van der Waals surface area contributed by atoms with Crippen LogP contribution < -0.4 is 10.5 Å². The van der Waals surface area contributed by atoms with Gasteiger partial charge in [-0.1, -0.05) is 0 Å². The quantitative estimate of drug-likeness (QED) is 0.589. The van der Waals surface area contributed by atoms with Crippen LogP contribution in [-0.4, -0.2) is 19.9 Å². The van der Waals surface area contributed by atoms with Gasteiger partial charge in [0.2, 0.25) is 6.86 Å². The fourth-order valence-corrected chi connectivity index (χ4v) is 0.989. The summed E-state index contributed by atoms with van der Waals surface area (Å²) in [5, 5.41) is 0. The van der Waals surface area contributed by atoms with Crippen molar-refractivity contribution >= 4 is 11.7 Å². The molecule has 14 heavy (non-hydrogen) atoms. The van der Waals surface area contributed by atoms with E-state index in [9.17, 15) is 9.18 Å². The number of methoxy groups -OCH3 is 1. The number of ether oxygens (including phenoxy) is 2. The van der Waals surface area contributed by atoms with E-state index < -0.39 is 12.8 Å². The molecular weight excluding hydrogens is 189 g/mol. The third kappa shape index (κ3) is 2.12. The second-order valence-electron chi connectivity index (χ2n) is 2.49. The minimum atomic E-state index is -0.934. The topological polar surface area (TPSA) is 61.5 Å². The van der Waals surface area contributed by atoms with Gasteiger partial charge in [-0.3, -0.25) is 0 Å². The van der Waals surface area contributed by atoms with E-state index in [4.69, 9.17) is 5.73 Å². The number of anilines is 1. The molecule has 0 aliphatic rings. The maximum Gasteiger partial charge on any atom is 0.339 e. The molecule has 5 heteroatoms. The minimum Gasteiger partial charge on any atom is -0.465 e. The summed E-state index contributed by atoms with van der Waals surface area (Å²) in [5.74, 6) is -0.257. The summed E-state index contributed by atoms with van der Waals surface area (Å²) in [6, 6.07) is 4.24. The van der Waals surface area contributed by atoms with Crippen molar-refractivity contribution in [2.45, 2.75) is 0 Å². The van der Waals surface area contributed by atoms with Crippen molar-refractivity contribution in [1.29, 1.82) is 0 Å². The van der Waals surface area contributed by atoms with Gasteiger partial charge in [0.15, 0.2) is 0 Å². The Hall–Kier alpha value is -1.78. The van der Waals surface area contributed by atoms with Crippen LogP contribution in [0.3, 0.4) is 0 Å². The van der Waals surface area contributed by atoms with Gasteiger partial charge in [-0.25, -0.2) is 9.18 Å². The summed E-state index contributed by atoms with van der Waals surface area (Å²) in [5.41, 5.74) is 5.96. The van der Waals surface area contributed by atoms with E-state index in [1.165, 1.54) is 25.3 Å². The summed E-state index contributed by atoms with van der Waals surface area (Å²) in [6.45, 7) is -0.934. The van der Waals surface area contributed by atoms with E-state index in [-0.39, 0.29) is 17.0 Å². The van der Waals surface area contributed by atoms with Crippen LogP contribution in [0.4, 0.5) is 10.1 Å². The molecule has 76 valence electrons. The van der Waals surface area contributed by atoms with Crippen LogP contribution in [0.15, 0.2) is 18.2 Å². The van der Waals surface area contributed by atoms with Crippen molar-refractivity contribution in [2.24, 2.45) is 0 Å². The Morgan fingerprint density at radius 1 is 1.57 bits per heavy atom. The number of carbonyl (C=O) groups excluding carboxylic acids is 1. The van der Waals surface area contributed by atoms with Crippen LogP contribution in [0, 0.1) is 0 Å². The number of hydrogen-bond acceptors (Lipinski definition) is 4. The Kier molecular flexibility index (Phi) is 3.28. The highest BCUT2D eigenvalue weighted by atomic mass is 19.1. The second kappa shape index (κ2) is 4.45. The lowest BCUT2D eigenvalue weighted by atomic mass is 10.2. The van der Waals surface area contributed by atoms with Gasteiger partial charge in [0.05, 0.1) is 12.7 Å². The Labute approximate surface area is 80.4 Å². The zero-order valence-electron chi connectivity index (χ0n) is 7.62. The predicted molar refractivity (Wildman–Crippen MR) is 48.8 cm³/mol. The smallest absolute Gasteiger partial charge is 0.339 e. The summed E-state index contributed by atoms with van der Waals surface area (Å²) >= 11 is 0. The fourth-order valence-electron chi connectivity index (χ4n) is 0.989. The zero-order valence-corrected chi connectivity index (χ0v) is 7.62. The van der Waals surface area contributed by atoms with Crippen LogP contribution in [0.2, 0.25) is 0 Å². The maximum absolute atomic E-state index is 11.8. The molecule has 1 aromatic carbocycles. The minimum absolute atomic E-state index is 0.197. The third-order valence-corrected chi connectivity index (χ3v) is 1.65. The first-order chi connectivity index (χ1) is 6.69. The number of halogens is 1. The average molecular weight is 199 g/mol. The molecule has 0 aliphatic heterocycles. The number of benzene rings is 1. The molecule has 0 amide bonds. The van der Waals surface area contributed by atoms with Crippen molar-refractivity contribution in [3.63, 3.8) is 0 Å². The molecule has 0 saturated carbocycles. The molecule has 0 aliphatic carbocycles. The van der Waals surface area contributed by atoms with Gasteiger partial charge in [0.1, 0.15) is 5.75 Å². The second-order valence-corrected chi connectivity index (χ2v) is 2.49. The van der Waals surface area contributed by atoms with E-state index in [1.807, 2.05) is 0 Å². The van der Waals surface area contributed by atoms with Crippen LogP contribution >= 0.6 is 0 Å². The standard InChI is InChI=1S/C9H10FNO3/c1-13-9(12)7-3-2-6(14-5-10)4-8(7)11/h2-4H,5,11H2,1H3. The SMILES string of the molecule is COC(=O)c1ccc(OCF)cc1N. The summed E-state index contributed by atoms with van der Waals surface area (Å²) < 4.78 is 20.8. The van der Waals surface area contributed by atoms with Crippen molar-refractivity contribution < 1.29 is 18.7 Å². The Morgan fingerprint density at radius 2 is 2.29 bits per heavy atom. The van der Waals surface area contributed by atoms with Crippen LogP contribution in [0.25, 0.3) is 0 Å². The molecule has 2 N–H and O–H groups in total. The molecule has 0 radical (unpaired) electrons. The van der Waals surface area contributed by atoms with Crippen molar-refractivity contribution in [3.8, 4) is 5.75 Å². The van der Waals surface area contributed by atoms with E-state index >= 15 is 0 Å². The summed E-state index contributed by atoms with van der Waals surface area (Å²) in [4.78, 5) is 11.1. The predicted octanol–water partition coefficient (Wildman–Crippen LogP) is 1.36. The summed E-state index contributed by atoms with van der Waals surface area (Å²) in [7, 11) is 1.26. The maximum atomic E-state index is 11.8. The number of nitrogen functional groups attached to an aromatic ring is 1. The van der Waals surface area contributed by atoms with Gasteiger partial charge in [-0.2, -0.15) is 0 Å². The lowest BCUT2D eigenvalue weighted by molar-refractivity contribution is 0.0602. The number of carbonyl (C=O) groups is 1. The highest BCUT2D eigenvalue weighted by Crippen LogP contribution is 2.20. The van der Waals surface area contributed by atoms with Crippen molar-refractivity contribution in [1.82, 2.24) is 0 Å². The molecule has 0 heterocycles. The Bertz CT molecular complexity index is 341. The molecule has 0 fully saturated rings. The van der Waals surface area contributed by atoms with E-state index in [1.54, 1.807) is 0 Å². The number of esters is 1. The molecule has 1 rings (SSSR count). The average Bonchev–Trinajstić information content (AvgIpc) is 2.17. The Morgan fingerprint density at radius 3 is 2.79 bits per heavy atom. The lowest BCUT2D eigenvalue weighted by Crippen LogP contribution is -2.05. The molecule has 4 nitrogen and oxygen atoms in total. The molecule has 1 aromatic rings. The number of alkyl halides is 1. The van der Waals surface area contributed by atoms with Crippen molar-refractivity contribution in [3.05, 3.63) is 23.8 Å². The largest absolute Gasteiger partial charge is 0.465 e. The van der Waals surface area contributed by atoms with Gasteiger partial charge in [0, 0.05) is 11.8 Å². The molecule has 0 saturated heterocycles. The first-order valence-corrected chi connectivity index (χ1v) is 3.85. The fraction of sp³-hybridized carbons (Fsp3) is 0.222. The van der Waals surface area contributed by atoms with Crippen LogP contribution in [-0.2, 0) is 4.74 Å². The highest BCUT2D eigenvalue weighted by molar-refractivity contribution is 5.95. The number of nitrogens with two attached hydrogens (primary N) is 1. The Balaban J connectivity index is 2.95. The molecule has 0 bridgehead atoms. The van der Waals surface area contributed by atoms with Gasteiger partial charge in [0.25, 0.3) is 0 Å². The van der Waals surface area contributed by atoms with Gasteiger partial charge in [-0.15, -0.1) is 0 Å². The number of rotatable bonds is 3. The van der Waals surface area contributed by atoms with Crippen LogP contribution in [0.5, 0.6) is 5.75 Å². The summed E-state index contributed by atoms with van der Waals surface area (Å²) in [6.07, 6.45) is 0. The van der Waals surface area contributed by atoms with E-state index in [2.05, 4.69) is 9.47 Å². The molecule has 0 spiro atoms. The molecule has 0 atom stereocenters. The third-order valence-electron chi connectivity index (χ3n) is 1.65. The highest BCUT2D eigenvalue weighted by Gasteiger charge is 2.10. The van der Waals surface area contributed by atoms with Gasteiger partial charge < -0.3 is 15.2 Å². The molecular formula is C9H10FNO3. The lowest BCUT2D eigenvalue weighted by Gasteiger charge is -2.06.